The molecule has 0 unspecified atom stereocenters. The third-order valence-electron chi connectivity index (χ3n) is 4.87. The van der Waals surface area contributed by atoms with Crippen LogP contribution in [0.15, 0.2) is 24.4 Å². The zero-order valence-electron chi connectivity index (χ0n) is 13.1. The SMILES string of the molecule is CCn1ncc2c1CCC[C@H]2NCc1ccc2c(c1)CCO2. The molecule has 1 aliphatic carbocycles. The quantitative estimate of drug-likeness (QED) is 0.943. The summed E-state index contributed by atoms with van der Waals surface area (Å²) < 4.78 is 7.73. The molecule has 0 saturated carbocycles. The molecule has 22 heavy (non-hydrogen) atoms. The van der Waals surface area contributed by atoms with Gasteiger partial charge in [0.1, 0.15) is 5.75 Å². The number of fused-ring (bicyclic) bond motifs is 2. The highest BCUT2D eigenvalue weighted by Crippen LogP contribution is 2.30. The van der Waals surface area contributed by atoms with E-state index in [4.69, 9.17) is 4.74 Å². The van der Waals surface area contributed by atoms with Gasteiger partial charge in [0, 0.05) is 36.8 Å². The van der Waals surface area contributed by atoms with Crippen LogP contribution in [0.2, 0.25) is 0 Å². The molecule has 1 aromatic heterocycles. The number of aromatic nitrogens is 2. The summed E-state index contributed by atoms with van der Waals surface area (Å²) in [5.74, 6) is 1.06. The van der Waals surface area contributed by atoms with Crippen molar-refractivity contribution in [1.82, 2.24) is 15.1 Å². The van der Waals surface area contributed by atoms with E-state index in [2.05, 4.69) is 46.4 Å². The molecule has 2 heterocycles. The van der Waals surface area contributed by atoms with E-state index < -0.39 is 0 Å². The molecule has 2 aliphatic rings. The minimum atomic E-state index is 0.438. The van der Waals surface area contributed by atoms with Crippen LogP contribution in [0, 0.1) is 0 Å². The maximum atomic E-state index is 5.58. The first-order valence-electron chi connectivity index (χ1n) is 8.37. The van der Waals surface area contributed by atoms with Gasteiger partial charge < -0.3 is 10.1 Å². The average molecular weight is 297 g/mol. The number of nitrogens with one attached hydrogen (secondary N) is 1. The smallest absolute Gasteiger partial charge is 0.122 e. The first-order chi connectivity index (χ1) is 10.8. The molecule has 1 N–H and O–H groups in total. The van der Waals surface area contributed by atoms with Crippen LogP contribution in [0.4, 0.5) is 0 Å². The molecule has 4 rings (SSSR count). The van der Waals surface area contributed by atoms with Crippen LogP contribution >= 0.6 is 0 Å². The van der Waals surface area contributed by atoms with E-state index in [-0.39, 0.29) is 0 Å². The number of hydrogen-bond donors (Lipinski definition) is 1. The van der Waals surface area contributed by atoms with Gasteiger partial charge in [-0.1, -0.05) is 12.1 Å². The molecule has 0 fully saturated rings. The van der Waals surface area contributed by atoms with Crippen molar-refractivity contribution in [1.29, 1.82) is 0 Å². The standard InChI is InChI=1S/C18H23N3O/c1-2-21-17-5-3-4-16(15(17)12-20-21)19-11-13-6-7-18-14(10-13)8-9-22-18/h6-7,10,12,16,19H,2-5,8-9,11H2,1H3/t16-/m1/s1. The van der Waals surface area contributed by atoms with E-state index in [1.807, 2.05) is 0 Å². The summed E-state index contributed by atoms with van der Waals surface area (Å²) in [5, 5.41) is 8.26. The van der Waals surface area contributed by atoms with Gasteiger partial charge in [-0.05, 0) is 43.4 Å². The van der Waals surface area contributed by atoms with Gasteiger partial charge >= 0.3 is 0 Å². The highest BCUT2D eigenvalue weighted by molar-refractivity contribution is 5.39. The maximum Gasteiger partial charge on any atom is 0.122 e. The average Bonchev–Trinajstić information content (AvgIpc) is 3.18. The minimum Gasteiger partial charge on any atom is -0.493 e. The number of hydrogen-bond acceptors (Lipinski definition) is 3. The lowest BCUT2D eigenvalue weighted by atomic mass is 9.92. The predicted molar refractivity (Wildman–Crippen MR) is 86.1 cm³/mol. The molecule has 0 amide bonds. The van der Waals surface area contributed by atoms with Gasteiger partial charge in [-0.25, -0.2) is 0 Å². The van der Waals surface area contributed by atoms with E-state index in [9.17, 15) is 0 Å². The first kappa shape index (κ1) is 13.8. The van der Waals surface area contributed by atoms with Gasteiger partial charge in [0.25, 0.3) is 0 Å². The lowest BCUT2D eigenvalue weighted by Gasteiger charge is -2.24. The number of rotatable bonds is 4. The van der Waals surface area contributed by atoms with Crippen LogP contribution in [-0.4, -0.2) is 16.4 Å². The van der Waals surface area contributed by atoms with Crippen LogP contribution in [0.5, 0.6) is 5.75 Å². The fourth-order valence-corrected chi connectivity index (χ4v) is 3.69. The van der Waals surface area contributed by atoms with Gasteiger partial charge in [-0.3, -0.25) is 4.68 Å². The van der Waals surface area contributed by atoms with Crippen molar-refractivity contribution in [3.05, 3.63) is 46.8 Å². The van der Waals surface area contributed by atoms with Crippen molar-refractivity contribution in [3.63, 3.8) is 0 Å². The number of ether oxygens (including phenoxy) is 1. The van der Waals surface area contributed by atoms with E-state index in [1.54, 1.807) is 0 Å². The van der Waals surface area contributed by atoms with Gasteiger partial charge in [-0.2, -0.15) is 5.10 Å². The molecule has 0 radical (unpaired) electrons. The zero-order valence-corrected chi connectivity index (χ0v) is 13.1. The molecule has 116 valence electrons. The van der Waals surface area contributed by atoms with Crippen LogP contribution in [-0.2, 0) is 25.9 Å². The summed E-state index contributed by atoms with van der Waals surface area (Å²) in [6, 6.07) is 7.01. The van der Waals surface area contributed by atoms with Crippen molar-refractivity contribution < 1.29 is 4.74 Å². The highest BCUT2D eigenvalue weighted by Gasteiger charge is 2.23. The van der Waals surface area contributed by atoms with Crippen molar-refractivity contribution in [2.75, 3.05) is 6.61 Å². The summed E-state index contributed by atoms with van der Waals surface area (Å²) in [4.78, 5) is 0. The molecule has 2 aromatic rings. The molecule has 1 atom stereocenters. The molecular formula is C18H23N3O. The van der Waals surface area contributed by atoms with Crippen molar-refractivity contribution >= 4 is 0 Å². The van der Waals surface area contributed by atoms with Crippen LogP contribution in [0.1, 0.15) is 48.2 Å². The lowest BCUT2D eigenvalue weighted by molar-refractivity contribution is 0.357. The Morgan fingerprint density at radius 3 is 3.23 bits per heavy atom. The normalized spacial score (nSPS) is 19.6. The summed E-state index contributed by atoms with van der Waals surface area (Å²) >= 11 is 0. The second-order valence-corrected chi connectivity index (χ2v) is 6.23. The largest absolute Gasteiger partial charge is 0.493 e. The highest BCUT2D eigenvalue weighted by atomic mass is 16.5. The Balaban J connectivity index is 1.47. The Morgan fingerprint density at radius 2 is 2.32 bits per heavy atom. The fraction of sp³-hybridized carbons (Fsp3) is 0.500. The lowest BCUT2D eigenvalue weighted by Crippen LogP contribution is -2.25. The Labute approximate surface area is 131 Å². The van der Waals surface area contributed by atoms with Crippen LogP contribution in [0.25, 0.3) is 0 Å². The minimum absolute atomic E-state index is 0.438. The summed E-state index contributed by atoms with van der Waals surface area (Å²) in [6.45, 7) is 4.87. The van der Waals surface area contributed by atoms with Gasteiger partial charge in [0.2, 0.25) is 0 Å². The first-order valence-corrected chi connectivity index (χ1v) is 8.37. The summed E-state index contributed by atoms with van der Waals surface area (Å²) in [7, 11) is 0. The van der Waals surface area contributed by atoms with E-state index in [0.29, 0.717) is 6.04 Å². The Morgan fingerprint density at radius 1 is 1.36 bits per heavy atom. The molecular weight excluding hydrogens is 274 g/mol. The summed E-state index contributed by atoms with van der Waals surface area (Å²) in [6.07, 6.45) is 6.72. The van der Waals surface area contributed by atoms with Crippen LogP contribution < -0.4 is 10.1 Å². The van der Waals surface area contributed by atoms with Crippen molar-refractivity contribution in [2.24, 2.45) is 0 Å². The number of nitrogens with zero attached hydrogens (tertiary/aromatic N) is 2. The summed E-state index contributed by atoms with van der Waals surface area (Å²) in [5.41, 5.74) is 5.52. The Kier molecular flexibility index (Phi) is 3.62. The second-order valence-electron chi connectivity index (χ2n) is 6.23. The molecule has 4 nitrogen and oxygen atoms in total. The zero-order chi connectivity index (χ0) is 14.9. The molecule has 0 bridgehead atoms. The molecule has 4 heteroatoms. The second kappa shape index (κ2) is 5.76. The molecule has 0 saturated heterocycles. The third kappa shape index (κ3) is 2.41. The monoisotopic (exact) mass is 297 g/mol. The molecule has 0 spiro atoms. The maximum absolute atomic E-state index is 5.58. The van der Waals surface area contributed by atoms with E-state index in [0.717, 1.165) is 38.3 Å². The van der Waals surface area contributed by atoms with Crippen LogP contribution in [0.3, 0.4) is 0 Å². The fourth-order valence-electron chi connectivity index (χ4n) is 3.69. The van der Waals surface area contributed by atoms with Gasteiger partial charge in [0.15, 0.2) is 0 Å². The topological polar surface area (TPSA) is 39.1 Å². The van der Waals surface area contributed by atoms with Crippen molar-refractivity contribution in [2.45, 2.75) is 51.7 Å². The third-order valence-corrected chi connectivity index (χ3v) is 4.87. The van der Waals surface area contributed by atoms with Gasteiger partial charge in [-0.15, -0.1) is 0 Å². The molecule has 1 aromatic carbocycles. The Bertz CT molecular complexity index is 677. The van der Waals surface area contributed by atoms with E-state index >= 15 is 0 Å². The Hall–Kier alpha value is -1.81. The van der Waals surface area contributed by atoms with E-state index in [1.165, 1.54) is 35.2 Å². The predicted octanol–water partition coefficient (Wildman–Crippen LogP) is 3.01. The van der Waals surface area contributed by atoms with Gasteiger partial charge in [0.05, 0.1) is 12.8 Å². The van der Waals surface area contributed by atoms with Crippen molar-refractivity contribution in [3.8, 4) is 5.75 Å². The number of benzene rings is 1. The molecule has 1 aliphatic heterocycles. The number of aryl methyl sites for hydroxylation is 1.